The molecule has 0 unspecified atom stereocenters. The van der Waals surface area contributed by atoms with Crippen molar-refractivity contribution >= 4 is 15.9 Å². The predicted octanol–water partition coefficient (Wildman–Crippen LogP) is -0.484. The van der Waals surface area contributed by atoms with Crippen LogP contribution in [-0.4, -0.2) is 44.4 Å². The van der Waals surface area contributed by atoms with Gasteiger partial charge in [0.15, 0.2) is 15.6 Å². The molecule has 0 atom stereocenters. The van der Waals surface area contributed by atoms with Crippen LogP contribution in [0.3, 0.4) is 0 Å². The molecular formula is C8H12N2O5S. The summed E-state index contributed by atoms with van der Waals surface area (Å²) in [5.74, 6) is -0.460. The molecule has 0 N–H and O–H groups in total. The highest BCUT2D eigenvalue weighted by Gasteiger charge is 2.17. The molecule has 0 aliphatic carbocycles. The molecule has 1 aromatic rings. The summed E-state index contributed by atoms with van der Waals surface area (Å²) in [6.45, 7) is 0. The molecule has 16 heavy (non-hydrogen) atoms. The third-order valence-corrected chi connectivity index (χ3v) is 2.46. The maximum atomic E-state index is 11.4. The Labute approximate surface area is 92.1 Å². The largest absolute Gasteiger partial charge is 0.370 e. The zero-order chi connectivity index (χ0) is 12.5. The van der Waals surface area contributed by atoms with Gasteiger partial charge < -0.3 is 9.42 Å². The van der Waals surface area contributed by atoms with Gasteiger partial charge in [-0.05, 0) is 0 Å². The summed E-state index contributed by atoms with van der Waals surface area (Å²) < 4.78 is 27.3. The summed E-state index contributed by atoms with van der Waals surface area (Å²) in [7, 11) is -0.394. The molecule has 0 fully saturated rings. The van der Waals surface area contributed by atoms with E-state index in [9.17, 15) is 18.0 Å². The van der Waals surface area contributed by atoms with Gasteiger partial charge in [-0.1, -0.05) is 4.74 Å². The van der Waals surface area contributed by atoms with E-state index in [0.717, 1.165) is 17.2 Å². The van der Waals surface area contributed by atoms with E-state index in [0.29, 0.717) is 4.74 Å². The van der Waals surface area contributed by atoms with E-state index in [-0.39, 0.29) is 5.76 Å². The van der Waals surface area contributed by atoms with Gasteiger partial charge in [-0.3, -0.25) is 4.79 Å². The molecule has 0 aliphatic rings. The molecular weight excluding hydrogens is 236 g/mol. The van der Waals surface area contributed by atoms with Crippen molar-refractivity contribution in [2.45, 2.75) is 5.75 Å². The predicted molar refractivity (Wildman–Crippen MR) is 56.0 cm³/mol. The molecule has 7 nitrogen and oxygen atoms in total. The van der Waals surface area contributed by atoms with E-state index in [1.54, 1.807) is 0 Å². The fraction of sp³-hybridized carbons (Fsp3) is 0.500. The van der Waals surface area contributed by atoms with Crippen LogP contribution in [0.25, 0.3) is 0 Å². The van der Waals surface area contributed by atoms with Gasteiger partial charge in [0.05, 0.1) is 0 Å². The summed E-state index contributed by atoms with van der Waals surface area (Å²) in [5, 5.41) is 0. The molecule has 0 spiro atoms. The molecule has 1 rings (SSSR count). The van der Waals surface area contributed by atoms with Crippen molar-refractivity contribution in [1.29, 1.82) is 0 Å². The Balaban J connectivity index is 3.09. The smallest absolute Gasteiger partial charge is 0.360 e. The van der Waals surface area contributed by atoms with Crippen LogP contribution in [-0.2, 0) is 15.6 Å². The Bertz CT molecular complexity index is 551. The maximum Gasteiger partial charge on any atom is 0.360 e. The minimum absolute atomic E-state index is 0.0531. The maximum absolute atomic E-state index is 11.4. The normalized spacial score (nSPS) is 11.4. The lowest BCUT2D eigenvalue weighted by molar-refractivity contribution is 0.181. The molecule has 1 heterocycles. The van der Waals surface area contributed by atoms with Crippen LogP contribution >= 0.6 is 0 Å². The van der Waals surface area contributed by atoms with E-state index in [2.05, 4.69) is 0 Å². The highest BCUT2D eigenvalue weighted by molar-refractivity contribution is 7.89. The van der Waals surface area contributed by atoms with Crippen LogP contribution in [0.5, 0.6) is 0 Å². The van der Waals surface area contributed by atoms with Gasteiger partial charge in [0.2, 0.25) is 0 Å². The van der Waals surface area contributed by atoms with Crippen molar-refractivity contribution in [3.05, 3.63) is 22.2 Å². The van der Waals surface area contributed by atoms with Gasteiger partial charge in [-0.2, -0.15) is 0 Å². The number of nitrogens with zero attached hydrogens (tertiary/aromatic N) is 2. The van der Waals surface area contributed by atoms with Crippen LogP contribution in [0.4, 0.5) is 4.79 Å². The van der Waals surface area contributed by atoms with Gasteiger partial charge in [0.1, 0.15) is 5.75 Å². The minimum Gasteiger partial charge on any atom is -0.370 e. The first kappa shape index (κ1) is 12.5. The Morgan fingerprint density at radius 2 is 2.06 bits per heavy atom. The molecule has 0 aromatic carbocycles. The summed E-state index contributed by atoms with van der Waals surface area (Å²) in [6.07, 6.45) is 1.01. The molecule has 1 amide bonds. The quantitative estimate of drug-likeness (QED) is 0.704. The van der Waals surface area contributed by atoms with Gasteiger partial charge >= 0.3 is 6.03 Å². The zero-order valence-corrected chi connectivity index (χ0v) is 9.94. The number of carbonyl (C=O) groups is 1. The Hall–Kier alpha value is -1.57. The number of amides is 1. The average molecular weight is 248 g/mol. The number of hydrogen-bond donors (Lipinski definition) is 0. The van der Waals surface area contributed by atoms with Crippen molar-refractivity contribution in [2.24, 2.45) is 0 Å². The zero-order valence-electron chi connectivity index (χ0n) is 9.13. The minimum atomic E-state index is -3.30. The van der Waals surface area contributed by atoms with Crippen LogP contribution in [0, 0.1) is 0 Å². The first-order valence-corrected chi connectivity index (χ1v) is 6.38. The second-order valence-electron chi connectivity index (χ2n) is 3.58. The first-order chi connectivity index (χ1) is 7.20. The van der Waals surface area contributed by atoms with Crippen molar-refractivity contribution in [3.63, 3.8) is 0 Å². The highest BCUT2D eigenvalue weighted by atomic mass is 32.2. The number of rotatable bonds is 2. The van der Waals surface area contributed by atoms with Gasteiger partial charge in [0, 0.05) is 26.4 Å². The molecule has 1 aromatic heterocycles. The number of aromatic nitrogens is 1. The van der Waals surface area contributed by atoms with Crippen LogP contribution in [0.15, 0.2) is 15.4 Å². The molecule has 90 valence electrons. The van der Waals surface area contributed by atoms with Crippen molar-refractivity contribution in [1.82, 2.24) is 9.64 Å². The van der Waals surface area contributed by atoms with E-state index < -0.39 is 27.2 Å². The molecule has 0 aliphatic heterocycles. The SMILES string of the molecule is CN(C)C(=O)n1oc(CS(C)(=O)=O)cc1=O. The van der Waals surface area contributed by atoms with Gasteiger partial charge in [0.25, 0.3) is 5.56 Å². The summed E-state index contributed by atoms with van der Waals surface area (Å²) >= 11 is 0. The fourth-order valence-corrected chi connectivity index (χ4v) is 1.68. The molecule has 0 saturated carbocycles. The van der Waals surface area contributed by atoms with Crippen LogP contribution in [0.1, 0.15) is 5.76 Å². The molecule has 0 radical (unpaired) electrons. The summed E-state index contributed by atoms with van der Waals surface area (Å²) in [5.41, 5.74) is -0.683. The lowest BCUT2D eigenvalue weighted by Crippen LogP contribution is -2.32. The summed E-state index contributed by atoms with van der Waals surface area (Å²) in [4.78, 5) is 23.8. The molecule has 0 saturated heterocycles. The Kier molecular flexibility index (Phi) is 3.22. The molecule has 0 bridgehead atoms. The van der Waals surface area contributed by atoms with Crippen molar-refractivity contribution in [2.75, 3.05) is 20.4 Å². The highest BCUT2D eigenvalue weighted by Crippen LogP contribution is 2.03. The van der Waals surface area contributed by atoms with E-state index in [4.69, 9.17) is 4.52 Å². The Morgan fingerprint density at radius 3 is 2.50 bits per heavy atom. The van der Waals surface area contributed by atoms with Crippen LogP contribution < -0.4 is 5.56 Å². The lowest BCUT2D eigenvalue weighted by atomic mass is 10.5. The van der Waals surface area contributed by atoms with Crippen molar-refractivity contribution < 1.29 is 17.7 Å². The standard InChI is InChI=1S/C8H12N2O5S/c1-9(2)8(12)10-7(11)4-6(15-10)5-16(3,13)14/h4H,5H2,1-3H3. The lowest BCUT2D eigenvalue weighted by Gasteiger charge is -2.07. The second kappa shape index (κ2) is 4.12. The van der Waals surface area contributed by atoms with Gasteiger partial charge in [-0.25, -0.2) is 13.2 Å². The van der Waals surface area contributed by atoms with E-state index in [1.165, 1.54) is 14.1 Å². The van der Waals surface area contributed by atoms with Crippen molar-refractivity contribution in [3.8, 4) is 0 Å². The fourth-order valence-electron chi connectivity index (χ4n) is 1.03. The first-order valence-electron chi connectivity index (χ1n) is 4.32. The number of sulfone groups is 1. The summed E-state index contributed by atoms with van der Waals surface area (Å²) in [6, 6.07) is 0.326. The third kappa shape index (κ3) is 2.96. The van der Waals surface area contributed by atoms with Crippen LogP contribution in [0.2, 0.25) is 0 Å². The topological polar surface area (TPSA) is 89.6 Å². The second-order valence-corrected chi connectivity index (χ2v) is 5.72. The number of carbonyl (C=O) groups excluding carboxylic acids is 1. The van der Waals surface area contributed by atoms with E-state index >= 15 is 0 Å². The third-order valence-electron chi connectivity index (χ3n) is 1.65. The molecule has 8 heteroatoms. The Morgan fingerprint density at radius 1 is 1.50 bits per heavy atom. The monoisotopic (exact) mass is 248 g/mol. The van der Waals surface area contributed by atoms with Gasteiger partial charge in [-0.15, -0.1) is 0 Å². The average Bonchev–Trinajstić information content (AvgIpc) is 2.41. The number of hydrogen-bond acceptors (Lipinski definition) is 5. The van der Waals surface area contributed by atoms with E-state index in [1.807, 2.05) is 0 Å².